The number of non-ortho nitro benzene ring substituents is 1. The lowest BCUT2D eigenvalue weighted by Gasteiger charge is -2.36. The SMILES string of the molecule is CC(C)[C@@H]1CC[C@@H](C)C[C@H]1OC(=O)CCC(=O)OCC(=O)c1ccc([N+](=O)[O-])cc1. The Labute approximate surface area is 176 Å². The van der Waals surface area contributed by atoms with Crippen molar-refractivity contribution in [1.29, 1.82) is 0 Å². The minimum atomic E-state index is -0.667. The zero-order valence-electron chi connectivity index (χ0n) is 17.7. The first-order valence-electron chi connectivity index (χ1n) is 10.3. The highest BCUT2D eigenvalue weighted by Crippen LogP contribution is 2.35. The predicted molar refractivity (Wildman–Crippen MR) is 109 cm³/mol. The van der Waals surface area contributed by atoms with Gasteiger partial charge >= 0.3 is 11.9 Å². The number of benzene rings is 1. The summed E-state index contributed by atoms with van der Waals surface area (Å²) >= 11 is 0. The molecule has 0 N–H and O–H groups in total. The van der Waals surface area contributed by atoms with Gasteiger partial charge in [-0.15, -0.1) is 0 Å². The summed E-state index contributed by atoms with van der Waals surface area (Å²) in [4.78, 5) is 46.1. The highest BCUT2D eigenvalue weighted by Gasteiger charge is 2.33. The van der Waals surface area contributed by atoms with Crippen LogP contribution in [0.4, 0.5) is 5.69 Å². The van der Waals surface area contributed by atoms with Crippen molar-refractivity contribution in [2.75, 3.05) is 6.61 Å². The molecule has 1 saturated carbocycles. The first kappa shape index (κ1) is 23.5. The summed E-state index contributed by atoms with van der Waals surface area (Å²) in [6.07, 6.45) is 2.61. The number of esters is 2. The van der Waals surface area contributed by atoms with Gasteiger partial charge in [0.15, 0.2) is 12.4 Å². The molecule has 3 atom stereocenters. The summed E-state index contributed by atoms with van der Waals surface area (Å²) in [7, 11) is 0. The van der Waals surface area contributed by atoms with E-state index in [0.29, 0.717) is 17.8 Å². The summed E-state index contributed by atoms with van der Waals surface area (Å²) in [5.41, 5.74) is 0.0769. The normalized spacial score (nSPS) is 21.1. The fourth-order valence-corrected chi connectivity index (χ4v) is 3.75. The molecule has 0 aromatic heterocycles. The van der Waals surface area contributed by atoms with Gasteiger partial charge in [0.2, 0.25) is 0 Å². The van der Waals surface area contributed by atoms with Crippen molar-refractivity contribution < 1.29 is 28.8 Å². The molecule has 0 bridgehead atoms. The van der Waals surface area contributed by atoms with E-state index in [1.807, 2.05) is 0 Å². The standard InChI is InChI=1S/C22H29NO7/c1-14(2)18-9-4-15(3)12-20(18)30-22(26)11-10-21(25)29-13-19(24)16-5-7-17(8-6-16)23(27)28/h5-8,14-15,18,20H,4,9-13H2,1-3H3/t15-,18+,20-/m1/s1. The number of nitro benzene ring substituents is 1. The minimum Gasteiger partial charge on any atom is -0.462 e. The van der Waals surface area contributed by atoms with E-state index in [1.54, 1.807) is 0 Å². The topological polar surface area (TPSA) is 113 Å². The summed E-state index contributed by atoms with van der Waals surface area (Å²) in [6.45, 7) is 5.92. The molecule has 0 heterocycles. The van der Waals surface area contributed by atoms with Gasteiger partial charge in [0.05, 0.1) is 17.8 Å². The number of ether oxygens (including phenoxy) is 2. The smallest absolute Gasteiger partial charge is 0.306 e. The average molecular weight is 419 g/mol. The molecule has 2 rings (SSSR count). The van der Waals surface area contributed by atoms with E-state index in [2.05, 4.69) is 20.8 Å². The quantitative estimate of drug-likeness (QED) is 0.256. The Morgan fingerprint density at radius 1 is 1.10 bits per heavy atom. The Morgan fingerprint density at radius 2 is 1.73 bits per heavy atom. The third-order valence-electron chi connectivity index (χ3n) is 5.54. The highest BCUT2D eigenvalue weighted by molar-refractivity contribution is 5.98. The van der Waals surface area contributed by atoms with Crippen molar-refractivity contribution in [3.8, 4) is 0 Å². The summed E-state index contributed by atoms with van der Waals surface area (Å²) in [5, 5.41) is 10.6. The van der Waals surface area contributed by atoms with Crippen LogP contribution in [-0.2, 0) is 19.1 Å². The van der Waals surface area contributed by atoms with E-state index in [0.717, 1.165) is 19.3 Å². The van der Waals surface area contributed by atoms with E-state index in [4.69, 9.17) is 9.47 Å². The maximum Gasteiger partial charge on any atom is 0.306 e. The molecule has 1 aromatic carbocycles. The second-order valence-corrected chi connectivity index (χ2v) is 8.24. The molecule has 1 aliphatic rings. The Hall–Kier alpha value is -2.77. The Morgan fingerprint density at radius 3 is 2.33 bits per heavy atom. The molecule has 1 aliphatic carbocycles. The Balaban J connectivity index is 1.75. The van der Waals surface area contributed by atoms with Gasteiger partial charge in [-0.1, -0.05) is 27.2 Å². The van der Waals surface area contributed by atoms with Crippen molar-refractivity contribution in [3.63, 3.8) is 0 Å². The van der Waals surface area contributed by atoms with Crippen LogP contribution in [0.1, 0.15) is 63.2 Å². The lowest BCUT2D eigenvalue weighted by Crippen LogP contribution is -2.36. The zero-order valence-corrected chi connectivity index (χ0v) is 17.7. The summed E-state index contributed by atoms with van der Waals surface area (Å²) < 4.78 is 10.6. The monoisotopic (exact) mass is 419 g/mol. The number of hydrogen-bond donors (Lipinski definition) is 0. The number of ketones is 1. The molecule has 0 amide bonds. The van der Waals surface area contributed by atoms with Crippen molar-refractivity contribution in [2.24, 2.45) is 17.8 Å². The Kier molecular flexibility index (Phi) is 8.50. The second kappa shape index (κ2) is 10.8. The number of rotatable bonds is 9. The van der Waals surface area contributed by atoms with Gasteiger partial charge in [0, 0.05) is 17.7 Å². The zero-order chi connectivity index (χ0) is 22.3. The van der Waals surface area contributed by atoms with Gasteiger partial charge in [-0.25, -0.2) is 0 Å². The van der Waals surface area contributed by atoms with Crippen molar-refractivity contribution in [2.45, 2.75) is 59.0 Å². The van der Waals surface area contributed by atoms with Crippen LogP contribution in [0.15, 0.2) is 24.3 Å². The third kappa shape index (κ3) is 6.93. The van der Waals surface area contributed by atoms with E-state index in [-0.39, 0.29) is 30.2 Å². The number of carbonyl (C=O) groups is 3. The molecule has 0 aliphatic heterocycles. The van der Waals surface area contributed by atoms with Crippen LogP contribution in [0.3, 0.4) is 0 Å². The first-order valence-corrected chi connectivity index (χ1v) is 10.3. The first-order chi connectivity index (χ1) is 14.2. The summed E-state index contributed by atoms with van der Waals surface area (Å²) in [6, 6.07) is 5.03. The fourth-order valence-electron chi connectivity index (χ4n) is 3.75. The van der Waals surface area contributed by atoms with Crippen molar-refractivity contribution in [1.82, 2.24) is 0 Å². The van der Waals surface area contributed by atoms with E-state index in [1.165, 1.54) is 24.3 Å². The molecule has 1 aromatic rings. The molecule has 0 spiro atoms. The molecule has 0 unspecified atom stereocenters. The summed E-state index contributed by atoms with van der Waals surface area (Å²) in [5.74, 6) is -0.315. The predicted octanol–water partition coefficient (Wildman–Crippen LogP) is 4.10. The molecule has 8 nitrogen and oxygen atoms in total. The van der Waals surface area contributed by atoms with Crippen LogP contribution in [0, 0.1) is 27.9 Å². The number of nitrogens with zero attached hydrogens (tertiary/aromatic N) is 1. The van der Waals surface area contributed by atoms with Crippen LogP contribution in [0.25, 0.3) is 0 Å². The molecular formula is C22H29NO7. The maximum atomic E-state index is 12.2. The van der Waals surface area contributed by atoms with E-state index in [9.17, 15) is 24.5 Å². The highest BCUT2D eigenvalue weighted by atomic mass is 16.6. The van der Waals surface area contributed by atoms with Gasteiger partial charge in [0.1, 0.15) is 6.10 Å². The van der Waals surface area contributed by atoms with Gasteiger partial charge in [-0.05, 0) is 42.7 Å². The lowest BCUT2D eigenvalue weighted by molar-refractivity contribution is -0.384. The molecule has 164 valence electrons. The second-order valence-electron chi connectivity index (χ2n) is 8.24. The van der Waals surface area contributed by atoms with Crippen LogP contribution < -0.4 is 0 Å². The number of nitro groups is 1. The molecular weight excluding hydrogens is 390 g/mol. The average Bonchev–Trinajstić information content (AvgIpc) is 2.70. The fraction of sp³-hybridized carbons (Fsp3) is 0.591. The molecule has 30 heavy (non-hydrogen) atoms. The van der Waals surface area contributed by atoms with E-state index < -0.39 is 29.3 Å². The number of Topliss-reactive ketones (excluding diaryl/α,β-unsaturated/α-hetero) is 1. The molecule has 0 radical (unpaired) electrons. The van der Waals surface area contributed by atoms with Crippen LogP contribution in [0.2, 0.25) is 0 Å². The Bertz CT molecular complexity index is 772. The number of hydrogen-bond acceptors (Lipinski definition) is 7. The molecule has 8 heteroatoms. The van der Waals surface area contributed by atoms with E-state index >= 15 is 0 Å². The van der Waals surface area contributed by atoms with Gasteiger partial charge in [-0.2, -0.15) is 0 Å². The van der Waals surface area contributed by atoms with Gasteiger partial charge in [-0.3, -0.25) is 24.5 Å². The third-order valence-corrected chi connectivity index (χ3v) is 5.54. The lowest BCUT2D eigenvalue weighted by atomic mass is 9.75. The largest absolute Gasteiger partial charge is 0.462 e. The van der Waals surface area contributed by atoms with Crippen LogP contribution in [0.5, 0.6) is 0 Å². The van der Waals surface area contributed by atoms with Gasteiger partial charge in [0.25, 0.3) is 5.69 Å². The molecule has 1 fully saturated rings. The molecule has 0 saturated heterocycles. The van der Waals surface area contributed by atoms with Crippen LogP contribution in [-0.4, -0.2) is 35.4 Å². The minimum absolute atomic E-state index is 0.0970. The maximum absolute atomic E-state index is 12.2. The van der Waals surface area contributed by atoms with Crippen LogP contribution >= 0.6 is 0 Å². The van der Waals surface area contributed by atoms with Crippen molar-refractivity contribution in [3.05, 3.63) is 39.9 Å². The number of carbonyl (C=O) groups excluding carboxylic acids is 3. The van der Waals surface area contributed by atoms with Gasteiger partial charge < -0.3 is 9.47 Å². The van der Waals surface area contributed by atoms with Crippen molar-refractivity contribution >= 4 is 23.4 Å².